The van der Waals surface area contributed by atoms with Gasteiger partial charge >= 0.3 is 0 Å². The lowest BCUT2D eigenvalue weighted by Crippen LogP contribution is -2.08. The average Bonchev–Trinajstić information content (AvgIpc) is 3.05. The highest BCUT2D eigenvalue weighted by atomic mass is 35.5. The number of hydrogen-bond donors (Lipinski definition) is 2. The van der Waals surface area contributed by atoms with Gasteiger partial charge in [-0.3, -0.25) is 10.1 Å². The fraction of sp³-hybridized carbons (Fsp3) is 0.222. The molecule has 2 aromatic heterocycles. The largest absolute Gasteiger partial charge is 0.387 e. The van der Waals surface area contributed by atoms with Gasteiger partial charge in [0.25, 0.3) is 0 Å². The minimum absolute atomic E-state index is 0.0555. The molecule has 0 saturated heterocycles. The monoisotopic (exact) mass is 425 g/mol. The zero-order valence-electron chi connectivity index (χ0n) is 14.4. The maximum atomic E-state index is 13.2. The fourth-order valence-corrected chi connectivity index (χ4v) is 4.85. The van der Waals surface area contributed by atoms with E-state index < -0.39 is 15.9 Å². The van der Waals surface area contributed by atoms with Crippen molar-refractivity contribution in [2.24, 2.45) is 0 Å². The molecule has 27 heavy (non-hydrogen) atoms. The second-order valence-corrected chi connectivity index (χ2v) is 8.72. The van der Waals surface area contributed by atoms with Crippen LogP contribution < -0.4 is 0 Å². The van der Waals surface area contributed by atoms with Crippen LogP contribution in [0.25, 0.3) is 0 Å². The van der Waals surface area contributed by atoms with Gasteiger partial charge in [0.1, 0.15) is 0 Å². The minimum atomic E-state index is -3.99. The normalized spacial score (nSPS) is 12.9. The topological polar surface area (TPSA) is 95.9 Å². The number of sulfone groups is 1. The number of aromatic nitrogens is 3. The smallest absolute Gasteiger partial charge is 0.226 e. The van der Waals surface area contributed by atoms with E-state index in [2.05, 4.69) is 15.2 Å². The number of aliphatic hydroxyl groups is 1. The van der Waals surface area contributed by atoms with Gasteiger partial charge in [-0.2, -0.15) is 5.10 Å². The Labute approximate surface area is 167 Å². The van der Waals surface area contributed by atoms with Crippen molar-refractivity contribution >= 4 is 33.0 Å². The van der Waals surface area contributed by atoms with Crippen LogP contribution in [0.4, 0.5) is 0 Å². The van der Waals surface area contributed by atoms with Crippen LogP contribution in [0.2, 0.25) is 10.0 Å². The number of halogens is 2. The second-order valence-electron chi connectivity index (χ2n) is 5.99. The standard InChI is InChI=1S/C18H17Cl2N3O3S/c1-2-16(24)17-15(7-11-3-5-21-6-4-11)18(23-22-17)27(25,26)14-9-12(19)8-13(20)10-14/h3-6,8-10,16,24H,2,7H2,1H3,(H,22,23). The first-order chi connectivity index (χ1) is 12.8. The molecular formula is C18H17Cl2N3O3S. The summed E-state index contributed by atoms with van der Waals surface area (Å²) in [6, 6.07) is 7.66. The van der Waals surface area contributed by atoms with Crippen molar-refractivity contribution in [3.8, 4) is 0 Å². The number of nitrogens with one attached hydrogen (secondary N) is 1. The van der Waals surface area contributed by atoms with E-state index >= 15 is 0 Å². The van der Waals surface area contributed by atoms with E-state index in [1.165, 1.54) is 18.2 Å². The first-order valence-electron chi connectivity index (χ1n) is 8.18. The lowest BCUT2D eigenvalue weighted by Gasteiger charge is -2.11. The number of rotatable bonds is 6. The fourth-order valence-electron chi connectivity index (χ4n) is 2.73. The van der Waals surface area contributed by atoms with Gasteiger partial charge in [-0.1, -0.05) is 30.1 Å². The lowest BCUT2D eigenvalue weighted by molar-refractivity contribution is 0.168. The summed E-state index contributed by atoms with van der Waals surface area (Å²) in [6.07, 6.45) is 3.07. The van der Waals surface area contributed by atoms with Crippen LogP contribution in [-0.4, -0.2) is 28.7 Å². The molecule has 0 fully saturated rings. The van der Waals surface area contributed by atoms with Gasteiger partial charge in [0, 0.05) is 34.4 Å². The minimum Gasteiger partial charge on any atom is -0.387 e. The number of hydrogen-bond acceptors (Lipinski definition) is 5. The van der Waals surface area contributed by atoms with E-state index in [1.807, 2.05) is 0 Å². The van der Waals surface area contributed by atoms with Gasteiger partial charge in [0.2, 0.25) is 9.84 Å². The molecule has 0 aliphatic heterocycles. The van der Waals surface area contributed by atoms with Crippen molar-refractivity contribution in [1.29, 1.82) is 0 Å². The van der Waals surface area contributed by atoms with Crippen LogP contribution in [0.5, 0.6) is 0 Å². The Morgan fingerprint density at radius 2 is 1.78 bits per heavy atom. The quantitative estimate of drug-likeness (QED) is 0.622. The molecule has 0 bridgehead atoms. The van der Waals surface area contributed by atoms with Crippen molar-refractivity contribution < 1.29 is 13.5 Å². The molecule has 2 heterocycles. The van der Waals surface area contributed by atoms with Crippen molar-refractivity contribution in [2.45, 2.75) is 35.8 Å². The van der Waals surface area contributed by atoms with Crippen molar-refractivity contribution in [3.63, 3.8) is 0 Å². The summed E-state index contributed by atoms with van der Waals surface area (Å²) in [5, 5.41) is 17.3. The molecule has 1 atom stereocenters. The molecule has 0 amide bonds. The zero-order valence-corrected chi connectivity index (χ0v) is 16.7. The van der Waals surface area contributed by atoms with Crippen LogP contribution >= 0.6 is 23.2 Å². The van der Waals surface area contributed by atoms with Crippen LogP contribution in [0, 0.1) is 0 Å². The molecule has 0 aliphatic rings. The van der Waals surface area contributed by atoms with Crippen molar-refractivity contribution in [2.75, 3.05) is 0 Å². The van der Waals surface area contributed by atoms with E-state index in [0.29, 0.717) is 17.7 Å². The van der Waals surface area contributed by atoms with E-state index in [9.17, 15) is 13.5 Å². The Kier molecular flexibility index (Phi) is 5.86. The number of benzene rings is 1. The molecule has 0 aliphatic carbocycles. The number of nitrogens with zero attached hydrogens (tertiary/aromatic N) is 2. The molecule has 1 unspecified atom stereocenters. The van der Waals surface area contributed by atoms with E-state index in [-0.39, 0.29) is 26.4 Å². The van der Waals surface area contributed by atoms with Crippen LogP contribution in [0.15, 0.2) is 52.6 Å². The van der Waals surface area contributed by atoms with E-state index in [4.69, 9.17) is 23.2 Å². The molecule has 2 N–H and O–H groups in total. The first kappa shape index (κ1) is 19.8. The molecule has 6 nitrogen and oxygen atoms in total. The number of H-pyrrole nitrogens is 1. The summed E-state index contributed by atoms with van der Waals surface area (Å²) < 4.78 is 26.4. The van der Waals surface area contributed by atoms with E-state index in [1.54, 1.807) is 31.5 Å². The number of aliphatic hydroxyl groups excluding tert-OH is 1. The Balaban J connectivity index is 2.15. The average molecular weight is 426 g/mol. The molecular weight excluding hydrogens is 409 g/mol. The molecule has 142 valence electrons. The summed E-state index contributed by atoms with van der Waals surface area (Å²) in [4.78, 5) is 3.91. The molecule has 0 saturated carbocycles. The summed E-state index contributed by atoms with van der Waals surface area (Å²) >= 11 is 11.9. The van der Waals surface area contributed by atoms with Crippen LogP contribution in [0.3, 0.4) is 0 Å². The lowest BCUT2D eigenvalue weighted by atomic mass is 10.0. The maximum absolute atomic E-state index is 13.2. The Morgan fingerprint density at radius 1 is 1.15 bits per heavy atom. The number of aromatic amines is 1. The van der Waals surface area contributed by atoms with Crippen LogP contribution in [0.1, 0.15) is 36.3 Å². The SMILES string of the molecule is CCC(O)c1[nH]nc(S(=O)(=O)c2cc(Cl)cc(Cl)c2)c1Cc1ccncc1. The van der Waals surface area contributed by atoms with Gasteiger partial charge in [-0.25, -0.2) is 8.42 Å². The molecule has 3 aromatic rings. The summed E-state index contributed by atoms with van der Waals surface area (Å²) in [5.41, 5.74) is 1.63. The molecule has 0 radical (unpaired) electrons. The van der Waals surface area contributed by atoms with Crippen molar-refractivity contribution in [1.82, 2.24) is 15.2 Å². The van der Waals surface area contributed by atoms with Gasteiger partial charge in [0.15, 0.2) is 5.03 Å². The third-order valence-corrected chi connectivity index (χ3v) is 6.25. The van der Waals surface area contributed by atoms with Gasteiger partial charge in [0.05, 0.1) is 16.7 Å². The Morgan fingerprint density at radius 3 is 2.37 bits per heavy atom. The highest BCUT2D eigenvalue weighted by Crippen LogP contribution is 2.32. The van der Waals surface area contributed by atoms with E-state index in [0.717, 1.165) is 5.56 Å². The summed E-state index contributed by atoms with van der Waals surface area (Å²) in [5.74, 6) is 0. The predicted octanol–water partition coefficient (Wildman–Crippen LogP) is 3.98. The van der Waals surface area contributed by atoms with Crippen LogP contribution in [-0.2, 0) is 16.3 Å². The Hall–Kier alpha value is -1.93. The Bertz CT molecular complexity index is 1030. The molecule has 0 spiro atoms. The zero-order chi connectivity index (χ0) is 19.6. The third-order valence-electron chi connectivity index (χ3n) is 4.11. The predicted molar refractivity (Wildman–Crippen MR) is 103 cm³/mol. The molecule has 3 rings (SSSR count). The summed E-state index contributed by atoms with van der Waals surface area (Å²) in [7, 11) is -3.99. The third kappa shape index (κ3) is 4.16. The summed E-state index contributed by atoms with van der Waals surface area (Å²) in [6.45, 7) is 1.80. The number of pyridine rings is 1. The highest BCUT2D eigenvalue weighted by molar-refractivity contribution is 7.91. The maximum Gasteiger partial charge on any atom is 0.226 e. The molecule has 9 heteroatoms. The van der Waals surface area contributed by atoms with Crippen molar-refractivity contribution in [3.05, 3.63) is 69.6 Å². The highest BCUT2D eigenvalue weighted by Gasteiger charge is 2.29. The van der Waals surface area contributed by atoms with Gasteiger partial charge in [-0.15, -0.1) is 0 Å². The first-order valence-corrected chi connectivity index (χ1v) is 10.4. The molecule has 1 aromatic carbocycles. The van der Waals surface area contributed by atoms with Gasteiger partial charge < -0.3 is 5.11 Å². The van der Waals surface area contributed by atoms with Gasteiger partial charge in [-0.05, 0) is 42.3 Å². The second kappa shape index (κ2) is 7.98.